The minimum atomic E-state index is -0.887. The Labute approximate surface area is 73.6 Å². The number of hydrogen-bond acceptors (Lipinski definition) is 1. The van der Waals surface area contributed by atoms with Crippen LogP contribution in [0.25, 0.3) is 0 Å². The Morgan fingerprint density at radius 3 is 2.50 bits per heavy atom. The van der Waals surface area contributed by atoms with Gasteiger partial charge in [-0.15, -0.1) is 0 Å². The zero-order valence-corrected chi connectivity index (χ0v) is 7.87. The summed E-state index contributed by atoms with van der Waals surface area (Å²) < 4.78 is 0. The lowest BCUT2D eigenvalue weighted by atomic mass is 10.1. The summed E-state index contributed by atoms with van der Waals surface area (Å²) in [6, 6.07) is 0. The van der Waals surface area contributed by atoms with Crippen molar-refractivity contribution in [3.05, 3.63) is 23.8 Å². The number of aliphatic carboxylic acids is 1. The van der Waals surface area contributed by atoms with E-state index in [9.17, 15) is 4.79 Å². The Hall–Kier alpha value is -1.05. The Bertz CT molecular complexity index is 200. The maximum absolute atomic E-state index is 10.2. The van der Waals surface area contributed by atoms with Crippen LogP contribution >= 0.6 is 0 Å². The van der Waals surface area contributed by atoms with Crippen molar-refractivity contribution in [3.8, 4) is 0 Å². The van der Waals surface area contributed by atoms with Crippen LogP contribution in [0.2, 0.25) is 0 Å². The van der Waals surface area contributed by atoms with Crippen LogP contribution in [-0.4, -0.2) is 11.1 Å². The van der Waals surface area contributed by atoms with Gasteiger partial charge in [-0.05, 0) is 24.8 Å². The maximum atomic E-state index is 10.2. The topological polar surface area (TPSA) is 37.3 Å². The van der Waals surface area contributed by atoms with Crippen LogP contribution in [0.1, 0.15) is 27.2 Å². The first-order valence-corrected chi connectivity index (χ1v) is 4.10. The molecule has 0 radical (unpaired) electrons. The molecule has 0 atom stereocenters. The SMILES string of the molecule is CC(/C=C/CC(C)C)=C\C(=O)O. The molecule has 0 bridgehead atoms. The van der Waals surface area contributed by atoms with E-state index in [-0.39, 0.29) is 0 Å². The van der Waals surface area contributed by atoms with E-state index < -0.39 is 5.97 Å². The average molecular weight is 168 g/mol. The zero-order valence-electron chi connectivity index (χ0n) is 7.87. The molecule has 68 valence electrons. The molecule has 0 rings (SSSR count). The first-order valence-electron chi connectivity index (χ1n) is 4.10. The van der Waals surface area contributed by atoms with Gasteiger partial charge in [0.1, 0.15) is 0 Å². The molecule has 0 fully saturated rings. The largest absolute Gasteiger partial charge is 0.478 e. The second kappa shape index (κ2) is 5.58. The lowest BCUT2D eigenvalue weighted by Crippen LogP contribution is -1.88. The lowest BCUT2D eigenvalue weighted by molar-refractivity contribution is -0.131. The second-order valence-corrected chi connectivity index (χ2v) is 3.26. The number of carbonyl (C=O) groups is 1. The molecule has 0 aliphatic heterocycles. The van der Waals surface area contributed by atoms with E-state index >= 15 is 0 Å². The predicted molar refractivity (Wildman–Crippen MR) is 50.0 cm³/mol. The van der Waals surface area contributed by atoms with E-state index in [1.165, 1.54) is 6.08 Å². The van der Waals surface area contributed by atoms with Crippen molar-refractivity contribution in [3.63, 3.8) is 0 Å². The Morgan fingerprint density at radius 1 is 1.50 bits per heavy atom. The van der Waals surface area contributed by atoms with Crippen molar-refractivity contribution >= 4 is 5.97 Å². The van der Waals surface area contributed by atoms with Gasteiger partial charge in [-0.1, -0.05) is 26.0 Å². The van der Waals surface area contributed by atoms with Crippen LogP contribution in [0.15, 0.2) is 23.8 Å². The fourth-order valence-electron chi connectivity index (χ4n) is 0.769. The molecule has 0 aliphatic carbocycles. The average Bonchev–Trinajstić information content (AvgIpc) is 1.84. The molecule has 0 aliphatic rings. The molecule has 2 heteroatoms. The highest BCUT2D eigenvalue weighted by Crippen LogP contribution is 2.02. The number of carboxylic acids is 1. The summed E-state index contributed by atoms with van der Waals surface area (Å²) in [7, 11) is 0. The quantitative estimate of drug-likeness (QED) is 0.517. The number of allylic oxidation sites excluding steroid dienone is 3. The first kappa shape index (κ1) is 11.0. The predicted octanol–water partition coefficient (Wildman–Crippen LogP) is 2.62. The molecular formula is C10H16O2. The normalized spacial score (nSPS) is 12.8. The van der Waals surface area contributed by atoms with Gasteiger partial charge in [0, 0.05) is 6.08 Å². The van der Waals surface area contributed by atoms with Crippen molar-refractivity contribution in [2.24, 2.45) is 5.92 Å². The molecule has 2 nitrogen and oxygen atoms in total. The van der Waals surface area contributed by atoms with Gasteiger partial charge in [0.2, 0.25) is 0 Å². The van der Waals surface area contributed by atoms with Crippen LogP contribution in [0.3, 0.4) is 0 Å². The van der Waals surface area contributed by atoms with Gasteiger partial charge >= 0.3 is 5.97 Å². The number of carboxylic acid groups (broad SMARTS) is 1. The Kier molecular flexibility index (Phi) is 5.09. The summed E-state index contributed by atoms with van der Waals surface area (Å²) in [5.74, 6) is -0.263. The van der Waals surface area contributed by atoms with Crippen molar-refractivity contribution < 1.29 is 9.90 Å². The molecule has 0 spiro atoms. The van der Waals surface area contributed by atoms with Gasteiger partial charge in [-0.3, -0.25) is 0 Å². The summed E-state index contributed by atoms with van der Waals surface area (Å²) >= 11 is 0. The molecule has 0 aromatic heterocycles. The lowest BCUT2D eigenvalue weighted by Gasteiger charge is -1.96. The van der Waals surface area contributed by atoms with Gasteiger partial charge in [-0.25, -0.2) is 4.79 Å². The molecule has 0 aromatic rings. The summed E-state index contributed by atoms with van der Waals surface area (Å²) in [5, 5.41) is 8.38. The summed E-state index contributed by atoms with van der Waals surface area (Å²) in [6.45, 7) is 6.03. The molecule has 1 N–H and O–H groups in total. The number of hydrogen-bond donors (Lipinski definition) is 1. The van der Waals surface area contributed by atoms with Crippen molar-refractivity contribution in [1.82, 2.24) is 0 Å². The minimum absolute atomic E-state index is 0.624. The molecule has 0 heterocycles. The fraction of sp³-hybridized carbons (Fsp3) is 0.500. The Balaban J connectivity index is 3.91. The van der Waals surface area contributed by atoms with Crippen LogP contribution in [0.5, 0.6) is 0 Å². The molecular weight excluding hydrogens is 152 g/mol. The summed E-state index contributed by atoms with van der Waals surface area (Å²) in [5.41, 5.74) is 0.781. The van der Waals surface area contributed by atoms with Crippen molar-refractivity contribution in [2.75, 3.05) is 0 Å². The summed E-state index contributed by atoms with van der Waals surface area (Å²) in [4.78, 5) is 10.2. The fourth-order valence-corrected chi connectivity index (χ4v) is 0.769. The third kappa shape index (κ3) is 7.06. The van der Waals surface area contributed by atoms with E-state index in [0.29, 0.717) is 5.92 Å². The molecule has 0 amide bonds. The summed E-state index contributed by atoms with van der Waals surface area (Å²) in [6.07, 6.45) is 6.04. The highest BCUT2D eigenvalue weighted by molar-refractivity contribution is 5.81. The minimum Gasteiger partial charge on any atom is -0.478 e. The highest BCUT2D eigenvalue weighted by atomic mass is 16.4. The van der Waals surface area contributed by atoms with Crippen molar-refractivity contribution in [2.45, 2.75) is 27.2 Å². The van der Waals surface area contributed by atoms with E-state index in [1.807, 2.05) is 12.2 Å². The molecule has 0 unspecified atom stereocenters. The third-order valence-corrected chi connectivity index (χ3v) is 1.34. The zero-order chi connectivity index (χ0) is 9.56. The standard InChI is InChI=1S/C10H16O2/c1-8(2)5-4-6-9(3)7-10(11)12/h4,6-8H,5H2,1-3H3,(H,11,12)/b6-4+,9-7+. The highest BCUT2D eigenvalue weighted by Gasteiger charge is 1.90. The van der Waals surface area contributed by atoms with E-state index in [4.69, 9.17) is 5.11 Å². The van der Waals surface area contributed by atoms with E-state index in [2.05, 4.69) is 13.8 Å². The monoisotopic (exact) mass is 168 g/mol. The van der Waals surface area contributed by atoms with Gasteiger partial charge in [0.05, 0.1) is 0 Å². The van der Waals surface area contributed by atoms with Crippen LogP contribution in [0.4, 0.5) is 0 Å². The van der Waals surface area contributed by atoms with E-state index in [0.717, 1.165) is 12.0 Å². The number of rotatable bonds is 4. The van der Waals surface area contributed by atoms with Crippen LogP contribution in [-0.2, 0) is 4.79 Å². The molecule has 0 saturated carbocycles. The Morgan fingerprint density at radius 2 is 2.08 bits per heavy atom. The van der Waals surface area contributed by atoms with Gasteiger partial charge in [0.25, 0.3) is 0 Å². The van der Waals surface area contributed by atoms with Gasteiger partial charge in [-0.2, -0.15) is 0 Å². The van der Waals surface area contributed by atoms with Crippen molar-refractivity contribution in [1.29, 1.82) is 0 Å². The smallest absolute Gasteiger partial charge is 0.328 e. The molecule has 0 saturated heterocycles. The second-order valence-electron chi connectivity index (χ2n) is 3.26. The third-order valence-electron chi connectivity index (χ3n) is 1.34. The molecule has 12 heavy (non-hydrogen) atoms. The van der Waals surface area contributed by atoms with E-state index in [1.54, 1.807) is 6.92 Å². The molecule has 0 aromatic carbocycles. The van der Waals surface area contributed by atoms with Crippen LogP contribution in [0, 0.1) is 5.92 Å². The van der Waals surface area contributed by atoms with Gasteiger partial charge in [0.15, 0.2) is 0 Å². The van der Waals surface area contributed by atoms with Gasteiger partial charge < -0.3 is 5.11 Å². The maximum Gasteiger partial charge on any atom is 0.328 e. The van der Waals surface area contributed by atoms with Crippen LogP contribution < -0.4 is 0 Å². The first-order chi connectivity index (χ1) is 5.52.